The van der Waals surface area contributed by atoms with Crippen molar-refractivity contribution in [2.24, 2.45) is 5.92 Å². The second-order valence-corrected chi connectivity index (χ2v) is 5.89. The van der Waals surface area contributed by atoms with Gasteiger partial charge < -0.3 is 5.11 Å². The van der Waals surface area contributed by atoms with E-state index in [-0.39, 0.29) is 11.3 Å². The molecule has 0 amide bonds. The van der Waals surface area contributed by atoms with E-state index in [9.17, 15) is 13.2 Å². The number of carbonyl (C=O) groups is 1. The van der Waals surface area contributed by atoms with E-state index in [2.05, 4.69) is 0 Å². The highest BCUT2D eigenvalue weighted by molar-refractivity contribution is 7.95. The quantitative estimate of drug-likeness (QED) is 0.892. The first-order chi connectivity index (χ1) is 7.92. The summed E-state index contributed by atoms with van der Waals surface area (Å²) in [7, 11) is -3.38. The molecule has 0 fully saturated rings. The molecule has 5 heteroatoms. The van der Waals surface area contributed by atoms with Crippen molar-refractivity contribution in [1.29, 1.82) is 0 Å². The van der Waals surface area contributed by atoms with E-state index in [1.54, 1.807) is 31.2 Å². The number of carboxylic acid groups (broad SMARTS) is 1. The molecule has 1 atom stereocenters. The van der Waals surface area contributed by atoms with Gasteiger partial charge in [-0.2, -0.15) is 0 Å². The van der Waals surface area contributed by atoms with Gasteiger partial charge in [-0.1, -0.05) is 25.1 Å². The van der Waals surface area contributed by atoms with Gasteiger partial charge in [0.25, 0.3) is 0 Å². The molecule has 17 heavy (non-hydrogen) atoms. The Morgan fingerprint density at radius 1 is 1.35 bits per heavy atom. The molecule has 0 aromatic heterocycles. The van der Waals surface area contributed by atoms with E-state index >= 15 is 0 Å². The van der Waals surface area contributed by atoms with Crippen LogP contribution in [0.15, 0.2) is 34.6 Å². The second kappa shape index (κ2) is 4.00. The standard InChI is InChI=1S/C12H12O4S/c1-8(12(13)14)6-9-7-17(15,16)11-5-3-2-4-10(9)11/h2-5,7-8H,6H2,1H3,(H,13,14). The molecule has 0 bridgehead atoms. The Bertz CT molecular complexity index is 599. The predicted molar refractivity (Wildman–Crippen MR) is 63.0 cm³/mol. The largest absolute Gasteiger partial charge is 0.481 e. The van der Waals surface area contributed by atoms with Gasteiger partial charge in [-0.15, -0.1) is 0 Å². The number of carboxylic acids is 1. The molecule has 1 unspecified atom stereocenters. The maximum Gasteiger partial charge on any atom is 0.306 e. The highest BCUT2D eigenvalue weighted by Gasteiger charge is 2.28. The average Bonchev–Trinajstić information content (AvgIpc) is 2.51. The normalized spacial score (nSPS) is 18.3. The van der Waals surface area contributed by atoms with Crippen molar-refractivity contribution in [3.63, 3.8) is 0 Å². The SMILES string of the molecule is CC(CC1=CS(=O)(=O)c2ccccc21)C(=O)O. The van der Waals surface area contributed by atoms with Crippen LogP contribution in [0.3, 0.4) is 0 Å². The fourth-order valence-electron chi connectivity index (χ4n) is 1.87. The van der Waals surface area contributed by atoms with Gasteiger partial charge in [0.15, 0.2) is 0 Å². The fraction of sp³-hybridized carbons (Fsp3) is 0.250. The van der Waals surface area contributed by atoms with E-state index in [1.807, 2.05) is 0 Å². The minimum atomic E-state index is -3.38. The first-order valence-corrected chi connectivity index (χ1v) is 6.74. The van der Waals surface area contributed by atoms with Crippen LogP contribution >= 0.6 is 0 Å². The smallest absolute Gasteiger partial charge is 0.306 e. The lowest BCUT2D eigenvalue weighted by Crippen LogP contribution is -2.09. The monoisotopic (exact) mass is 252 g/mol. The lowest BCUT2D eigenvalue weighted by atomic mass is 9.97. The fourth-order valence-corrected chi connectivity index (χ4v) is 3.37. The van der Waals surface area contributed by atoms with Crippen LogP contribution in [0.2, 0.25) is 0 Å². The number of sulfone groups is 1. The molecule has 0 spiro atoms. The zero-order chi connectivity index (χ0) is 12.6. The first kappa shape index (κ1) is 11.9. The molecule has 1 aromatic rings. The predicted octanol–water partition coefficient (Wildman–Crippen LogP) is 1.93. The summed E-state index contributed by atoms with van der Waals surface area (Å²) in [5, 5.41) is 10.0. The Hall–Kier alpha value is -1.62. The van der Waals surface area contributed by atoms with Crippen LogP contribution in [0.1, 0.15) is 18.9 Å². The summed E-state index contributed by atoms with van der Waals surface area (Å²) in [6.45, 7) is 1.57. The zero-order valence-corrected chi connectivity index (χ0v) is 10.1. The van der Waals surface area contributed by atoms with Crippen molar-refractivity contribution < 1.29 is 18.3 Å². The van der Waals surface area contributed by atoms with Gasteiger partial charge in [0.2, 0.25) is 9.84 Å². The van der Waals surface area contributed by atoms with Crippen molar-refractivity contribution in [3.8, 4) is 0 Å². The average molecular weight is 252 g/mol. The summed E-state index contributed by atoms with van der Waals surface area (Å²) in [6, 6.07) is 6.66. The minimum absolute atomic E-state index is 0.228. The zero-order valence-electron chi connectivity index (χ0n) is 9.25. The van der Waals surface area contributed by atoms with Crippen LogP contribution in [0, 0.1) is 5.92 Å². The molecular weight excluding hydrogens is 240 g/mol. The first-order valence-electron chi connectivity index (χ1n) is 5.19. The highest BCUT2D eigenvalue weighted by Crippen LogP contribution is 2.36. The lowest BCUT2D eigenvalue weighted by Gasteiger charge is -2.07. The summed E-state index contributed by atoms with van der Waals surface area (Å²) in [5.41, 5.74) is 1.20. The van der Waals surface area contributed by atoms with Crippen molar-refractivity contribution in [2.75, 3.05) is 0 Å². The number of hydrogen-bond donors (Lipinski definition) is 1. The van der Waals surface area contributed by atoms with Crippen molar-refractivity contribution in [1.82, 2.24) is 0 Å². The summed E-state index contributed by atoms with van der Waals surface area (Å²) in [5.74, 6) is -1.52. The molecule has 0 saturated carbocycles. The number of hydrogen-bond acceptors (Lipinski definition) is 3. The number of rotatable bonds is 3. The minimum Gasteiger partial charge on any atom is -0.481 e. The Balaban J connectivity index is 2.42. The van der Waals surface area contributed by atoms with E-state index in [4.69, 9.17) is 5.11 Å². The second-order valence-electron chi connectivity index (χ2n) is 4.13. The van der Waals surface area contributed by atoms with Gasteiger partial charge in [0, 0.05) is 5.41 Å². The third-order valence-electron chi connectivity index (χ3n) is 2.78. The molecule has 0 aliphatic carbocycles. The third kappa shape index (κ3) is 2.10. The third-order valence-corrected chi connectivity index (χ3v) is 4.35. The molecule has 4 nitrogen and oxygen atoms in total. The Morgan fingerprint density at radius 2 is 2.00 bits per heavy atom. The van der Waals surface area contributed by atoms with Gasteiger partial charge in [0.1, 0.15) is 0 Å². The van der Waals surface area contributed by atoms with Crippen LogP contribution in [0.5, 0.6) is 0 Å². The molecular formula is C12H12O4S. The van der Waals surface area contributed by atoms with E-state index in [0.717, 1.165) is 0 Å². The highest BCUT2D eigenvalue weighted by atomic mass is 32.2. The maximum absolute atomic E-state index is 11.8. The van der Waals surface area contributed by atoms with Crippen molar-refractivity contribution >= 4 is 21.4 Å². The van der Waals surface area contributed by atoms with Gasteiger partial charge >= 0.3 is 5.97 Å². The number of fused-ring (bicyclic) bond motifs is 1. The van der Waals surface area contributed by atoms with E-state index in [1.165, 1.54) is 5.41 Å². The van der Waals surface area contributed by atoms with Crippen LogP contribution in [0.25, 0.3) is 5.57 Å². The maximum atomic E-state index is 11.8. The van der Waals surface area contributed by atoms with Gasteiger partial charge in [-0.05, 0) is 23.6 Å². The number of benzene rings is 1. The molecule has 0 saturated heterocycles. The molecule has 1 N–H and O–H groups in total. The Labute approximate surface area is 99.5 Å². The van der Waals surface area contributed by atoms with Gasteiger partial charge in [0.05, 0.1) is 10.8 Å². The lowest BCUT2D eigenvalue weighted by molar-refractivity contribution is -0.140. The van der Waals surface area contributed by atoms with Crippen LogP contribution in [-0.2, 0) is 14.6 Å². The van der Waals surface area contributed by atoms with Gasteiger partial charge in [-0.25, -0.2) is 8.42 Å². The number of aliphatic carboxylic acids is 1. The molecule has 1 aromatic carbocycles. The van der Waals surface area contributed by atoms with E-state index < -0.39 is 21.7 Å². The summed E-state index contributed by atoms with van der Waals surface area (Å²) >= 11 is 0. The summed E-state index contributed by atoms with van der Waals surface area (Å²) < 4.78 is 23.6. The van der Waals surface area contributed by atoms with Crippen LogP contribution in [0.4, 0.5) is 0 Å². The summed E-state index contributed by atoms with van der Waals surface area (Å²) in [6.07, 6.45) is 0.228. The van der Waals surface area contributed by atoms with Gasteiger partial charge in [-0.3, -0.25) is 4.79 Å². The Morgan fingerprint density at radius 3 is 2.65 bits per heavy atom. The molecule has 1 heterocycles. The molecule has 1 aliphatic rings. The molecule has 2 rings (SSSR count). The topological polar surface area (TPSA) is 71.4 Å². The molecule has 0 radical (unpaired) electrons. The van der Waals surface area contributed by atoms with Crippen LogP contribution in [-0.4, -0.2) is 19.5 Å². The molecule has 90 valence electrons. The van der Waals surface area contributed by atoms with E-state index in [0.29, 0.717) is 11.1 Å². The Kier molecular flexibility index (Phi) is 2.79. The van der Waals surface area contributed by atoms with Crippen LogP contribution < -0.4 is 0 Å². The summed E-state index contributed by atoms with van der Waals surface area (Å²) in [4.78, 5) is 11.1. The molecule has 1 aliphatic heterocycles. The van der Waals surface area contributed by atoms with Crippen molar-refractivity contribution in [3.05, 3.63) is 35.2 Å². The number of allylic oxidation sites excluding steroid dienone is 1. The van der Waals surface area contributed by atoms with Crippen molar-refractivity contribution in [2.45, 2.75) is 18.2 Å².